The van der Waals surface area contributed by atoms with Gasteiger partial charge < -0.3 is 20.3 Å². The molecular formula is C29H39N7O2. The van der Waals surface area contributed by atoms with E-state index in [2.05, 4.69) is 61.9 Å². The van der Waals surface area contributed by atoms with E-state index in [1.54, 1.807) is 12.4 Å². The molecule has 3 N–H and O–H groups in total. The molecule has 1 atom stereocenters. The fourth-order valence-electron chi connectivity index (χ4n) is 5.38. The van der Waals surface area contributed by atoms with Crippen LogP contribution >= 0.6 is 0 Å². The van der Waals surface area contributed by atoms with Crippen LogP contribution in [0.3, 0.4) is 0 Å². The number of carbonyl (C=O) groups is 1. The molecule has 2 aromatic heterocycles. The highest BCUT2D eigenvalue weighted by Crippen LogP contribution is 2.28. The maximum Gasteiger partial charge on any atom is 0.317 e. The molecule has 0 aliphatic carbocycles. The first-order chi connectivity index (χ1) is 18.7. The zero-order chi connectivity index (χ0) is 26.2. The molecule has 5 rings (SSSR count). The highest BCUT2D eigenvalue weighted by atomic mass is 16.5. The number of para-hydroxylation sites is 1. The largest absolute Gasteiger partial charge is 0.382 e. The van der Waals surface area contributed by atoms with Crippen LogP contribution in [0, 0.1) is 0 Å². The molecule has 38 heavy (non-hydrogen) atoms. The summed E-state index contributed by atoms with van der Waals surface area (Å²) >= 11 is 0. The van der Waals surface area contributed by atoms with Crippen LogP contribution in [0.5, 0.6) is 0 Å². The van der Waals surface area contributed by atoms with Crippen LogP contribution in [0.1, 0.15) is 43.0 Å². The summed E-state index contributed by atoms with van der Waals surface area (Å²) in [6.45, 7) is 8.44. The number of pyridine rings is 1. The second-order valence-electron chi connectivity index (χ2n) is 10.2. The Labute approximate surface area is 225 Å². The molecule has 202 valence electrons. The fourth-order valence-corrected chi connectivity index (χ4v) is 5.38. The van der Waals surface area contributed by atoms with Gasteiger partial charge in [0, 0.05) is 80.2 Å². The van der Waals surface area contributed by atoms with Crippen molar-refractivity contribution in [2.45, 2.75) is 51.7 Å². The van der Waals surface area contributed by atoms with Crippen molar-refractivity contribution in [3.8, 4) is 11.3 Å². The average Bonchev–Trinajstić information content (AvgIpc) is 3.38. The lowest BCUT2D eigenvalue weighted by Gasteiger charge is -2.35. The number of carbonyl (C=O) groups excluding carboxylic acids is 1. The summed E-state index contributed by atoms with van der Waals surface area (Å²) in [5, 5.41) is 14.6. The molecule has 2 aliphatic heterocycles. The number of hydrogen-bond acceptors (Lipinski definition) is 6. The zero-order valence-corrected chi connectivity index (χ0v) is 22.3. The zero-order valence-electron chi connectivity index (χ0n) is 22.3. The number of H-pyrrole nitrogens is 1. The minimum absolute atomic E-state index is 0.0125. The van der Waals surface area contributed by atoms with Gasteiger partial charge in [0.15, 0.2) is 0 Å². The predicted molar refractivity (Wildman–Crippen MR) is 149 cm³/mol. The Morgan fingerprint density at radius 2 is 2.03 bits per heavy atom. The van der Waals surface area contributed by atoms with Crippen molar-refractivity contribution in [3.05, 3.63) is 65.6 Å². The Morgan fingerprint density at radius 1 is 1.16 bits per heavy atom. The van der Waals surface area contributed by atoms with Gasteiger partial charge in [-0.3, -0.25) is 15.0 Å². The number of amides is 2. The first-order valence-corrected chi connectivity index (χ1v) is 13.8. The van der Waals surface area contributed by atoms with Crippen LogP contribution in [-0.4, -0.2) is 76.4 Å². The molecule has 4 heterocycles. The van der Waals surface area contributed by atoms with E-state index in [4.69, 9.17) is 4.74 Å². The van der Waals surface area contributed by atoms with Gasteiger partial charge in [-0.15, -0.1) is 0 Å². The fraction of sp³-hybridized carbons (Fsp3) is 0.483. The van der Waals surface area contributed by atoms with Crippen LogP contribution in [0.2, 0.25) is 0 Å². The number of nitrogens with zero attached hydrogens (tertiary/aromatic N) is 4. The molecule has 3 aromatic rings. The molecule has 0 bridgehead atoms. The highest BCUT2D eigenvalue weighted by molar-refractivity contribution is 5.76. The molecule has 1 fully saturated rings. The lowest BCUT2D eigenvalue weighted by Crippen LogP contribution is -2.52. The third kappa shape index (κ3) is 6.52. The highest BCUT2D eigenvalue weighted by Gasteiger charge is 2.28. The number of ether oxygens (including phenoxy) is 1. The molecule has 0 spiro atoms. The quantitative estimate of drug-likeness (QED) is 0.351. The van der Waals surface area contributed by atoms with E-state index in [9.17, 15) is 4.79 Å². The second-order valence-corrected chi connectivity index (χ2v) is 10.2. The van der Waals surface area contributed by atoms with E-state index in [0.29, 0.717) is 19.7 Å². The van der Waals surface area contributed by atoms with E-state index in [-0.39, 0.29) is 12.1 Å². The van der Waals surface area contributed by atoms with Crippen molar-refractivity contribution in [1.82, 2.24) is 30.3 Å². The number of nitrogens with one attached hydrogen (secondary N) is 3. The Hall–Kier alpha value is -3.43. The molecule has 9 nitrogen and oxygen atoms in total. The topological polar surface area (TPSA) is 98.4 Å². The van der Waals surface area contributed by atoms with Crippen molar-refractivity contribution in [3.63, 3.8) is 0 Å². The van der Waals surface area contributed by atoms with Gasteiger partial charge in [-0.2, -0.15) is 5.10 Å². The lowest BCUT2D eigenvalue weighted by molar-refractivity contribution is 0.144. The van der Waals surface area contributed by atoms with Gasteiger partial charge in [-0.1, -0.05) is 25.1 Å². The van der Waals surface area contributed by atoms with Gasteiger partial charge in [0.05, 0.1) is 18.8 Å². The maximum atomic E-state index is 13.3. The third-order valence-corrected chi connectivity index (χ3v) is 7.33. The van der Waals surface area contributed by atoms with E-state index in [1.165, 1.54) is 5.56 Å². The smallest absolute Gasteiger partial charge is 0.317 e. The van der Waals surface area contributed by atoms with Gasteiger partial charge in [0.25, 0.3) is 0 Å². The molecule has 9 heteroatoms. The number of rotatable bonds is 10. The number of aromatic amines is 1. The number of urea groups is 1. The third-order valence-electron chi connectivity index (χ3n) is 7.33. The number of hydrogen-bond donors (Lipinski definition) is 3. The van der Waals surface area contributed by atoms with Gasteiger partial charge in [0.2, 0.25) is 0 Å². The summed E-state index contributed by atoms with van der Waals surface area (Å²) in [6.07, 6.45) is 7.44. The summed E-state index contributed by atoms with van der Waals surface area (Å²) in [5.74, 6) is 0. The van der Waals surface area contributed by atoms with E-state index < -0.39 is 0 Å². The first kappa shape index (κ1) is 26.2. The number of benzene rings is 1. The Kier molecular flexibility index (Phi) is 8.88. The van der Waals surface area contributed by atoms with Gasteiger partial charge in [0.1, 0.15) is 0 Å². The predicted octanol–water partition coefficient (Wildman–Crippen LogP) is 4.04. The van der Waals surface area contributed by atoms with Crippen molar-refractivity contribution in [1.29, 1.82) is 0 Å². The van der Waals surface area contributed by atoms with Crippen LogP contribution in [0.25, 0.3) is 11.3 Å². The normalized spacial score (nSPS) is 17.7. The van der Waals surface area contributed by atoms with E-state index in [1.807, 2.05) is 17.0 Å². The average molecular weight is 518 g/mol. The van der Waals surface area contributed by atoms with E-state index >= 15 is 0 Å². The number of piperidine rings is 1. The summed E-state index contributed by atoms with van der Waals surface area (Å²) in [5.41, 5.74) is 6.59. The summed E-state index contributed by atoms with van der Waals surface area (Å²) in [4.78, 5) is 21.8. The second kappa shape index (κ2) is 12.9. The summed E-state index contributed by atoms with van der Waals surface area (Å²) in [7, 11) is 0. The number of aromatic nitrogens is 3. The molecule has 0 radical (unpaired) electrons. The van der Waals surface area contributed by atoms with Gasteiger partial charge in [-0.25, -0.2) is 4.79 Å². The minimum Gasteiger partial charge on any atom is -0.382 e. The number of fused-ring (bicyclic) bond motifs is 1. The minimum atomic E-state index is 0.0125. The molecule has 0 saturated carbocycles. The first-order valence-electron chi connectivity index (χ1n) is 13.8. The molecule has 1 saturated heterocycles. The molecule has 0 unspecified atom stereocenters. The van der Waals surface area contributed by atoms with Crippen molar-refractivity contribution in [2.24, 2.45) is 0 Å². The standard InChI is InChI=1S/C29H39N7O2/c1-2-17-38-18-14-31-26-8-4-3-6-23(26)19-35-15-5-7-24(20-35)32-29(37)36-16-11-27-25(21-36)28(34-33-27)22-9-12-30-13-10-22/h3-4,6,8-10,12-13,24,31H,2,5,7,11,14-21H2,1H3,(H,32,37)(H,33,34)/t24-/m1/s1. The molecule has 1 aromatic carbocycles. The van der Waals surface area contributed by atoms with Crippen LogP contribution < -0.4 is 10.6 Å². The Morgan fingerprint density at radius 3 is 2.89 bits per heavy atom. The Balaban J connectivity index is 1.15. The van der Waals surface area contributed by atoms with Crippen LogP contribution in [-0.2, 0) is 24.2 Å². The Bertz CT molecular complexity index is 1180. The maximum absolute atomic E-state index is 13.3. The van der Waals surface area contributed by atoms with Gasteiger partial charge >= 0.3 is 6.03 Å². The molecule has 2 aliphatic rings. The van der Waals surface area contributed by atoms with E-state index in [0.717, 1.165) is 86.7 Å². The van der Waals surface area contributed by atoms with Crippen molar-refractivity contribution in [2.75, 3.05) is 44.7 Å². The summed E-state index contributed by atoms with van der Waals surface area (Å²) in [6, 6.07) is 12.6. The number of anilines is 1. The van der Waals surface area contributed by atoms with Crippen molar-refractivity contribution < 1.29 is 9.53 Å². The lowest BCUT2D eigenvalue weighted by atomic mass is 10.0. The SMILES string of the molecule is CCCOCCNc1ccccc1CN1CCC[C@@H](NC(=O)N2CCc3[nH]nc(-c4ccncc4)c3C2)C1. The number of likely N-dealkylation sites (tertiary alicyclic amines) is 1. The van der Waals surface area contributed by atoms with Gasteiger partial charge in [-0.05, 0) is 49.6 Å². The van der Waals surface area contributed by atoms with Crippen LogP contribution in [0.15, 0.2) is 48.8 Å². The monoisotopic (exact) mass is 517 g/mol. The van der Waals surface area contributed by atoms with Crippen molar-refractivity contribution >= 4 is 11.7 Å². The van der Waals surface area contributed by atoms with Crippen LogP contribution in [0.4, 0.5) is 10.5 Å². The molecular weight excluding hydrogens is 478 g/mol. The summed E-state index contributed by atoms with van der Waals surface area (Å²) < 4.78 is 5.61. The molecule has 2 amide bonds.